The van der Waals surface area contributed by atoms with Crippen LogP contribution in [0, 0.1) is 22.7 Å². The molecule has 0 atom stereocenters. The quantitative estimate of drug-likeness (QED) is 0.851. The zero-order chi connectivity index (χ0) is 16.2. The lowest BCUT2D eigenvalue weighted by Crippen LogP contribution is -2.49. The van der Waals surface area contributed by atoms with Crippen LogP contribution in [0.15, 0.2) is 35.7 Å². The van der Waals surface area contributed by atoms with Crippen LogP contribution >= 0.6 is 11.3 Å². The Morgan fingerprint density at radius 3 is 2.17 bits per heavy atom. The standard InChI is InChI=1S/C17H14N4OS/c18-11-13-3-1-4-14(12-19)16(13)20-6-8-21(9-7-20)17(22)15-5-2-10-23-15/h1-5,10H,6-9H2. The fourth-order valence-corrected chi connectivity index (χ4v) is 3.44. The predicted molar refractivity (Wildman–Crippen MR) is 88.3 cm³/mol. The van der Waals surface area contributed by atoms with Gasteiger partial charge in [-0.2, -0.15) is 10.5 Å². The SMILES string of the molecule is N#Cc1cccc(C#N)c1N1CCN(C(=O)c2cccs2)CC1. The van der Waals surface area contributed by atoms with Gasteiger partial charge in [-0.15, -0.1) is 11.3 Å². The highest BCUT2D eigenvalue weighted by Gasteiger charge is 2.25. The van der Waals surface area contributed by atoms with Crippen molar-refractivity contribution in [1.29, 1.82) is 10.5 Å². The summed E-state index contributed by atoms with van der Waals surface area (Å²) in [6.07, 6.45) is 0. The van der Waals surface area contributed by atoms with Gasteiger partial charge in [-0.1, -0.05) is 12.1 Å². The molecule has 5 nitrogen and oxygen atoms in total. The summed E-state index contributed by atoms with van der Waals surface area (Å²) in [6.45, 7) is 2.40. The van der Waals surface area contributed by atoms with Gasteiger partial charge in [0.15, 0.2) is 0 Å². The summed E-state index contributed by atoms with van der Waals surface area (Å²) < 4.78 is 0. The van der Waals surface area contributed by atoms with Crippen LogP contribution in [0.3, 0.4) is 0 Å². The molecule has 3 rings (SSSR count). The highest BCUT2D eigenvalue weighted by atomic mass is 32.1. The molecule has 2 aromatic rings. The van der Waals surface area contributed by atoms with E-state index < -0.39 is 0 Å². The first-order chi connectivity index (χ1) is 11.2. The van der Waals surface area contributed by atoms with Gasteiger partial charge in [-0.25, -0.2) is 0 Å². The number of hydrogen-bond donors (Lipinski definition) is 0. The van der Waals surface area contributed by atoms with Gasteiger partial charge in [0, 0.05) is 26.2 Å². The largest absolute Gasteiger partial charge is 0.366 e. The molecule has 0 radical (unpaired) electrons. The lowest BCUT2D eigenvalue weighted by molar-refractivity contribution is 0.0751. The minimum atomic E-state index is 0.0497. The molecule has 0 aliphatic carbocycles. The third kappa shape index (κ3) is 2.90. The van der Waals surface area contributed by atoms with Crippen molar-refractivity contribution in [2.24, 2.45) is 0 Å². The average Bonchev–Trinajstić information content (AvgIpc) is 3.15. The molecule has 1 fully saturated rings. The molecule has 1 aromatic heterocycles. The van der Waals surface area contributed by atoms with E-state index in [9.17, 15) is 15.3 Å². The molecule has 0 bridgehead atoms. The van der Waals surface area contributed by atoms with E-state index in [2.05, 4.69) is 12.1 Å². The number of benzene rings is 1. The van der Waals surface area contributed by atoms with Gasteiger partial charge in [0.2, 0.25) is 0 Å². The Morgan fingerprint density at radius 1 is 1.00 bits per heavy atom. The second kappa shape index (κ2) is 6.51. The van der Waals surface area contributed by atoms with Crippen molar-refractivity contribution in [3.05, 3.63) is 51.7 Å². The van der Waals surface area contributed by atoms with Gasteiger partial charge in [-0.3, -0.25) is 4.79 Å². The summed E-state index contributed by atoms with van der Waals surface area (Å²) in [7, 11) is 0. The number of nitrogens with zero attached hydrogens (tertiary/aromatic N) is 4. The van der Waals surface area contributed by atoms with E-state index >= 15 is 0 Å². The van der Waals surface area contributed by atoms with Crippen molar-refractivity contribution in [2.75, 3.05) is 31.1 Å². The van der Waals surface area contributed by atoms with Crippen molar-refractivity contribution in [3.8, 4) is 12.1 Å². The van der Waals surface area contributed by atoms with Crippen LogP contribution in [0.4, 0.5) is 5.69 Å². The number of rotatable bonds is 2. The van der Waals surface area contributed by atoms with Crippen LogP contribution in [-0.4, -0.2) is 37.0 Å². The van der Waals surface area contributed by atoms with Crippen LogP contribution in [0.5, 0.6) is 0 Å². The van der Waals surface area contributed by atoms with Crippen LogP contribution in [0.1, 0.15) is 20.8 Å². The van der Waals surface area contributed by atoms with Gasteiger partial charge in [0.05, 0.1) is 21.7 Å². The topological polar surface area (TPSA) is 71.1 Å². The predicted octanol–water partition coefficient (Wildman–Crippen LogP) is 2.45. The number of thiophene rings is 1. The highest BCUT2D eigenvalue weighted by molar-refractivity contribution is 7.12. The van der Waals surface area contributed by atoms with Gasteiger partial charge >= 0.3 is 0 Å². The van der Waals surface area contributed by atoms with E-state index in [0.29, 0.717) is 43.0 Å². The Balaban J connectivity index is 1.77. The van der Waals surface area contributed by atoms with E-state index in [1.807, 2.05) is 27.3 Å². The van der Waals surface area contributed by atoms with Crippen LogP contribution in [0.2, 0.25) is 0 Å². The number of hydrogen-bond acceptors (Lipinski definition) is 5. The van der Waals surface area contributed by atoms with E-state index in [1.54, 1.807) is 18.2 Å². The first kappa shape index (κ1) is 15.1. The first-order valence-electron chi connectivity index (χ1n) is 7.25. The summed E-state index contributed by atoms with van der Waals surface area (Å²) in [4.78, 5) is 17.0. The molecule has 2 heterocycles. The summed E-state index contributed by atoms with van der Waals surface area (Å²) in [5.74, 6) is 0.0497. The molecule has 0 N–H and O–H groups in total. The molecule has 0 spiro atoms. The molecule has 1 aliphatic heterocycles. The zero-order valence-corrected chi connectivity index (χ0v) is 13.2. The van der Waals surface area contributed by atoms with Crippen molar-refractivity contribution < 1.29 is 4.79 Å². The second-order valence-corrected chi connectivity index (χ2v) is 6.13. The van der Waals surface area contributed by atoms with E-state index in [-0.39, 0.29) is 5.91 Å². The second-order valence-electron chi connectivity index (χ2n) is 5.18. The maximum atomic E-state index is 12.4. The fourth-order valence-electron chi connectivity index (χ4n) is 2.75. The van der Waals surface area contributed by atoms with Gasteiger partial charge < -0.3 is 9.80 Å². The highest BCUT2D eigenvalue weighted by Crippen LogP contribution is 2.26. The number of para-hydroxylation sites is 1. The summed E-state index contributed by atoms with van der Waals surface area (Å²) in [6, 6.07) is 13.2. The number of carbonyl (C=O) groups excluding carboxylic acids is 1. The van der Waals surface area contributed by atoms with Crippen molar-refractivity contribution in [3.63, 3.8) is 0 Å². The number of amides is 1. The molecular weight excluding hydrogens is 308 g/mol. The van der Waals surface area contributed by atoms with E-state index in [0.717, 1.165) is 4.88 Å². The molecule has 1 aliphatic rings. The van der Waals surface area contributed by atoms with Crippen molar-refractivity contribution in [2.45, 2.75) is 0 Å². The lowest BCUT2D eigenvalue weighted by Gasteiger charge is -2.36. The fraction of sp³-hybridized carbons (Fsp3) is 0.235. The zero-order valence-electron chi connectivity index (χ0n) is 12.4. The molecule has 0 saturated carbocycles. The lowest BCUT2D eigenvalue weighted by atomic mass is 10.1. The van der Waals surface area contributed by atoms with Crippen molar-refractivity contribution in [1.82, 2.24) is 4.90 Å². The average molecular weight is 322 g/mol. The van der Waals surface area contributed by atoms with Gasteiger partial charge in [0.1, 0.15) is 12.1 Å². The molecule has 114 valence electrons. The third-order valence-corrected chi connectivity index (χ3v) is 4.75. The number of anilines is 1. The summed E-state index contributed by atoms with van der Waals surface area (Å²) in [5, 5.41) is 20.5. The monoisotopic (exact) mass is 322 g/mol. The number of piperazine rings is 1. The Hall–Kier alpha value is -2.83. The van der Waals surface area contributed by atoms with Crippen molar-refractivity contribution >= 4 is 22.9 Å². The molecule has 6 heteroatoms. The van der Waals surface area contributed by atoms with Crippen LogP contribution < -0.4 is 4.90 Å². The van der Waals surface area contributed by atoms with Gasteiger partial charge in [-0.05, 0) is 23.6 Å². The Morgan fingerprint density at radius 2 is 1.65 bits per heavy atom. The van der Waals surface area contributed by atoms with E-state index in [4.69, 9.17) is 0 Å². The molecule has 1 amide bonds. The Labute approximate surface area is 138 Å². The normalized spacial score (nSPS) is 14.2. The van der Waals surface area contributed by atoms with Gasteiger partial charge in [0.25, 0.3) is 5.91 Å². The summed E-state index contributed by atoms with van der Waals surface area (Å²) in [5.41, 5.74) is 1.69. The molecular formula is C17H14N4OS. The Kier molecular flexibility index (Phi) is 4.27. The first-order valence-corrected chi connectivity index (χ1v) is 8.13. The summed E-state index contributed by atoms with van der Waals surface area (Å²) >= 11 is 1.44. The van der Waals surface area contributed by atoms with E-state index in [1.165, 1.54) is 11.3 Å². The number of carbonyl (C=O) groups is 1. The number of nitriles is 2. The Bertz CT molecular complexity index is 761. The molecule has 1 aromatic carbocycles. The molecule has 1 saturated heterocycles. The molecule has 23 heavy (non-hydrogen) atoms. The smallest absolute Gasteiger partial charge is 0.264 e. The third-order valence-electron chi connectivity index (χ3n) is 3.89. The minimum Gasteiger partial charge on any atom is -0.366 e. The van der Waals surface area contributed by atoms with Crippen LogP contribution in [-0.2, 0) is 0 Å². The molecule has 0 unspecified atom stereocenters. The maximum Gasteiger partial charge on any atom is 0.264 e. The minimum absolute atomic E-state index is 0.0497. The maximum absolute atomic E-state index is 12.4. The van der Waals surface area contributed by atoms with Crippen LogP contribution in [0.25, 0.3) is 0 Å².